The lowest BCUT2D eigenvalue weighted by atomic mass is 9.92. The molecule has 2 saturated heterocycles. The van der Waals surface area contributed by atoms with Crippen LogP contribution in [0.25, 0.3) is 11.1 Å². The number of carbonyl (C=O) groups excluding carboxylic acids is 8. The molecule has 6 aliphatic rings. The number of methoxy groups -OCH3 is 1. The predicted molar refractivity (Wildman–Crippen MR) is 426 cm³/mol. The summed E-state index contributed by atoms with van der Waals surface area (Å²) in [5.41, 5.74) is 8.64. The van der Waals surface area contributed by atoms with Crippen LogP contribution in [0.4, 0.5) is 22.7 Å². The average molecular weight is 1570 g/mol. The van der Waals surface area contributed by atoms with Gasteiger partial charge in [0.1, 0.15) is 5.75 Å². The van der Waals surface area contributed by atoms with Crippen LogP contribution in [-0.2, 0) is 66.7 Å². The maximum atomic E-state index is 14.2. The molecule has 29 nitrogen and oxygen atoms in total. The van der Waals surface area contributed by atoms with Crippen LogP contribution in [0.1, 0.15) is 123 Å². The summed E-state index contributed by atoms with van der Waals surface area (Å²) in [6, 6.07) is 22.0. The zero-order chi connectivity index (χ0) is 80.0. The number of imide groups is 1. The van der Waals surface area contributed by atoms with Gasteiger partial charge in [0, 0.05) is 138 Å². The van der Waals surface area contributed by atoms with Gasteiger partial charge in [-0.1, -0.05) is 52.0 Å². The zero-order valence-electron chi connectivity index (χ0n) is 66.4. The number of unbranched alkanes of at least 4 members (excludes halogenated alkanes) is 2. The minimum absolute atomic E-state index is 0.0472. The number of aliphatic imine (C=N–C) groups is 2. The number of likely N-dealkylation sites (tertiary alicyclic amines) is 1. The van der Waals surface area contributed by atoms with Crippen molar-refractivity contribution in [1.82, 2.24) is 30.2 Å². The normalized spacial score (nSPS) is 17.8. The van der Waals surface area contributed by atoms with Crippen molar-refractivity contribution in [2.75, 3.05) is 183 Å². The van der Waals surface area contributed by atoms with Crippen LogP contribution < -0.4 is 35.1 Å². The molecule has 5 atom stereocenters. The van der Waals surface area contributed by atoms with E-state index in [0.717, 1.165) is 78.2 Å². The molecule has 0 bridgehead atoms. The summed E-state index contributed by atoms with van der Waals surface area (Å²) < 4.78 is 62.5. The molecule has 2 fully saturated rings. The largest absolute Gasteiger partial charge is 0.493 e. The number of rotatable bonds is 49. The van der Waals surface area contributed by atoms with Gasteiger partial charge in [0.2, 0.25) is 29.5 Å². The Kier molecular flexibility index (Phi) is 33.8. The molecule has 0 spiro atoms. The van der Waals surface area contributed by atoms with Gasteiger partial charge < -0.3 is 87.7 Å². The number of hydrogen-bond acceptors (Lipinski definition) is 23. The van der Waals surface area contributed by atoms with Gasteiger partial charge in [0.25, 0.3) is 11.8 Å². The highest BCUT2D eigenvalue weighted by atomic mass is 16.6. The number of aryl methyl sites for hydroxylation is 1. The highest BCUT2D eigenvalue weighted by molar-refractivity contribution is 6.07. The molecule has 113 heavy (non-hydrogen) atoms. The third-order valence-electron chi connectivity index (χ3n) is 20.3. The number of Topliss-reactive ketones (excluding diaryl/α,β-unsaturated/α-hetero) is 1. The molecule has 0 aromatic heterocycles. The molecule has 7 amide bonds. The van der Waals surface area contributed by atoms with E-state index in [9.17, 15) is 38.4 Å². The molecule has 2 unspecified atom stereocenters. The topological polar surface area (TPSA) is 315 Å². The minimum atomic E-state index is -0.782. The maximum absolute atomic E-state index is 14.2. The molecule has 4 aromatic carbocycles. The second-order valence-electron chi connectivity index (χ2n) is 29.2. The third kappa shape index (κ3) is 25.6. The molecule has 3 N–H and O–H groups in total. The van der Waals surface area contributed by atoms with Crippen LogP contribution in [0.15, 0.2) is 95.2 Å². The molecule has 4 aromatic rings. The Morgan fingerprint density at radius 2 is 1.04 bits per heavy atom. The molecular weight excluding hydrogens is 1450 g/mol. The first kappa shape index (κ1) is 86.1. The highest BCUT2D eigenvalue weighted by Crippen LogP contribution is 2.42. The molecule has 6 aliphatic heterocycles. The van der Waals surface area contributed by atoms with Crippen molar-refractivity contribution in [3.8, 4) is 17.2 Å². The highest BCUT2D eigenvalue weighted by Gasteiger charge is 2.38. The summed E-state index contributed by atoms with van der Waals surface area (Å²) in [6.07, 6.45) is 11.3. The van der Waals surface area contributed by atoms with Crippen molar-refractivity contribution in [2.45, 2.75) is 111 Å². The number of benzene rings is 4. The van der Waals surface area contributed by atoms with Gasteiger partial charge in [-0.2, -0.15) is 0 Å². The summed E-state index contributed by atoms with van der Waals surface area (Å²) >= 11 is 0. The Morgan fingerprint density at radius 3 is 1.56 bits per heavy atom. The molecular formula is C84H112N10O19. The van der Waals surface area contributed by atoms with Crippen LogP contribution in [0.5, 0.6) is 17.2 Å². The van der Waals surface area contributed by atoms with E-state index >= 15 is 0 Å². The zero-order valence-corrected chi connectivity index (χ0v) is 66.4. The molecule has 0 radical (unpaired) electrons. The Morgan fingerprint density at radius 1 is 0.549 bits per heavy atom. The van der Waals surface area contributed by atoms with E-state index in [4.69, 9.17) is 62.1 Å². The average Bonchev–Trinajstić information content (AvgIpc) is 1.63. The second-order valence-corrected chi connectivity index (χ2v) is 29.2. The number of likely N-dealkylation sites (N-methyl/N-ethyl adjacent to an activating group) is 1. The minimum Gasteiger partial charge on any atom is -0.493 e. The number of nitrogens with zero attached hydrogens (tertiary/aromatic N) is 7. The summed E-state index contributed by atoms with van der Waals surface area (Å²) in [4.78, 5) is 123. The van der Waals surface area contributed by atoms with Gasteiger partial charge in [-0.3, -0.25) is 53.2 Å². The molecule has 612 valence electrons. The number of piperazine rings is 1. The fourth-order valence-electron chi connectivity index (χ4n) is 13.7. The van der Waals surface area contributed by atoms with E-state index < -0.39 is 12.0 Å². The fraction of sp³-hybridized carbons (Fsp3) is 0.548. The van der Waals surface area contributed by atoms with Crippen LogP contribution in [0.2, 0.25) is 0 Å². The monoisotopic (exact) mass is 1560 g/mol. The first-order valence-corrected chi connectivity index (χ1v) is 39.6. The first-order valence-electron chi connectivity index (χ1n) is 39.6. The maximum Gasteiger partial charge on any atom is 0.260 e. The lowest BCUT2D eigenvalue weighted by Gasteiger charge is -2.34. The number of ether oxygens (including phenoxy) is 11. The van der Waals surface area contributed by atoms with Gasteiger partial charge in [-0.15, -0.1) is 0 Å². The number of carbonyl (C=O) groups is 8. The predicted octanol–water partition coefficient (Wildman–Crippen LogP) is 8.43. The Balaban J connectivity index is 0.527. The SMILES string of the molecule is COc1cc2c(cc1OCCCCCOc1cc3c(cc1C)C(=O)N1C=C(c4ccc(NC(=O)[C@H](C)CC(=O)C(NC(=O)CCOCCOCCOCCOCCOCCOCCOCCOCCNC(=O)CCN5C(=O)CC(C)C5=O)C(C)C)cc4)C[C@H]1C=N3)N=C[C@@H]1CC(c3ccc(N4CCN(C)CC4)cc3)=CN1C2=O. The lowest BCUT2D eigenvalue weighted by molar-refractivity contribution is -0.139. The standard InChI is InChI=1S/C84H112N10O19/c1-57(2)80(89-78(97)20-29-104-31-33-106-35-37-108-39-41-110-43-44-111-42-40-109-38-36-107-34-32-105-30-21-85-77(96)19-22-92-79(98)47-60(5)82(92)100)73(95)46-59(4)81(99)88-65-15-11-61(12-16-65)63-48-67-53-86-71-51-74(58(3)45-69(71)83(101)93(67)55-63)112-27-9-8-10-28-113-76-52-72-70(50-75(76)103-7)84(102)94-56-64(49-68(94)54-87-72)62-13-17-66(18-14-62)91-25-23-90(6)24-26-91/h11-18,45,50-57,59-60,67-68,80H,8-10,19-44,46-49H2,1-7H3,(H,85,96)(H,88,99)(H,89,97)/t59-,60?,67+,68+,80?/m1/s1. The van der Waals surface area contributed by atoms with Crippen molar-refractivity contribution in [3.05, 3.63) is 113 Å². The lowest BCUT2D eigenvalue weighted by Crippen LogP contribution is -2.45. The number of fused-ring (bicyclic) bond motifs is 4. The van der Waals surface area contributed by atoms with Crippen molar-refractivity contribution in [1.29, 1.82) is 0 Å². The second kappa shape index (κ2) is 44.4. The van der Waals surface area contributed by atoms with E-state index in [1.54, 1.807) is 61.2 Å². The van der Waals surface area contributed by atoms with Crippen molar-refractivity contribution < 1.29 is 90.5 Å². The van der Waals surface area contributed by atoms with Crippen LogP contribution in [0, 0.1) is 24.7 Å². The molecule has 0 saturated carbocycles. The number of hydrogen-bond donors (Lipinski definition) is 3. The van der Waals surface area contributed by atoms with Gasteiger partial charge in [0.05, 0.1) is 167 Å². The molecule has 0 aliphatic carbocycles. The summed E-state index contributed by atoms with van der Waals surface area (Å²) in [5, 5.41) is 8.48. The summed E-state index contributed by atoms with van der Waals surface area (Å²) in [6.45, 7) is 20.2. The third-order valence-corrected chi connectivity index (χ3v) is 20.3. The van der Waals surface area contributed by atoms with E-state index in [0.29, 0.717) is 171 Å². The van der Waals surface area contributed by atoms with Gasteiger partial charge >= 0.3 is 0 Å². The van der Waals surface area contributed by atoms with Crippen LogP contribution >= 0.6 is 0 Å². The van der Waals surface area contributed by atoms with E-state index in [2.05, 4.69) is 57.1 Å². The summed E-state index contributed by atoms with van der Waals surface area (Å²) in [7, 11) is 3.73. The first-order chi connectivity index (χ1) is 54.8. The Labute approximate surface area is 662 Å². The van der Waals surface area contributed by atoms with Gasteiger partial charge in [-0.05, 0) is 103 Å². The molecule has 6 heterocycles. The summed E-state index contributed by atoms with van der Waals surface area (Å²) in [5.74, 6) is -1.48. The van der Waals surface area contributed by atoms with Crippen LogP contribution in [-0.4, -0.2) is 270 Å². The number of amides is 7. The van der Waals surface area contributed by atoms with E-state index in [1.807, 2.05) is 63.7 Å². The van der Waals surface area contributed by atoms with Crippen molar-refractivity contribution in [3.63, 3.8) is 0 Å². The number of ketones is 1. The van der Waals surface area contributed by atoms with Crippen molar-refractivity contribution >= 4 is 93.5 Å². The van der Waals surface area contributed by atoms with Gasteiger partial charge in [0.15, 0.2) is 17.3 Å². The molecule has 29 heteroatoms. The Hall–Kier alpha value is -9.30. The fourth-order valence-corrected chi connectivity index (χ4v) is 13.7. The van der Waals surface area contributed by atoms with E-state index in [1.165, 1.54) is 5.69 Å². The Bertz CT molecular complexity index is 3990. The number of nitrogens with one attached hydrogen (secondary N) is 3. The quantitative estimate of drug-likeness (QED) is 0.0276. The smallest absolute Gasteiger partial charge is 0.260 e. The molecule has 10 rings (SSSR count). The number of anilines is 2. The van der Waals surface area contributed by atoms with Crippen LogP contribution in [0.3, 0.4) is 0 Å². The van der Waals surface area contributed by atoms with Crippen molar-refractivity contribution in [2.24, 2.45) is 27.7 Å². The van der Waals surface area contributed by atoms with E-state index in [-0.39, 0.29) is 116 Å². The van der Waals surface area contributed by atoms with Gasteiger partial charge in [-0.25, -0.2) is 0 Å².